The summed E-state index contributed by atoms with van der Waals surface area (Å²) in [6.45, 7) is 8.29. The molecule has 88 valence electrons. The van der Waals surface area contributed by atoms with Crippen LogP contribution in [-0.4, -0.2) is 36.6 Å². The smallest absolute Gasteiger partial charge is 0.0139 e. The van der Waals surface area contributed by atoms with Gasteiger partial charge in [-0.2, -0.15) is 0 Å². The molecule has 1 aliphatic carbocycles. The minimum atomic E-state index is 0.902. The lowest BCUT2D eigenvalue weighted by Crippen LogP contribution is -2.52. The van der Waals surface area contributed by atoms with Crippen LogP contribution in [0.15, 0.2) is 0 Å². The van der Waals surface area contributed by atoms with Gasteiger partial charge in [0.1, 0.15) is 0 Å². The predicted octanol–water partition coefficient (Wildman–Crippen LogP) is 2.25. The van der Waals surface area contributed by atoms with Crippen molar-refractivity contribution in [2.24, 2.45) is 5.92 Å². The van der Waals surface area contributed by atoms with Gasteiger partial charge in [-0.15, -0.1) is 0 Å². The second-order valence-corrected chi connectivity index (χ2v) is 5.15. The zero-order chi connectivity index (χ0) is 10.7. The first-order valence-electron chi connectivity index (χ1n) is 6.83. The lowest BCUT2D eigenvalue weighted by molar-refractivity contribution is 0.0508. The number of hydrogen-bond acceptors (Lipinski definition) is 2. The zero-order valence-corrected chi connectivity index (χ0v) is 10.3. The molecule has 1 saturated carbocycles. The van der Waals surface area contributed by atoms with Crippen LogP contribution in [-0.2, 0) is 0 Å². The molecule has 0 bridgehead atoms. The second kappa shape index (κ2) is 5.31. The Labute approximate surface area is 94.4 Å². The Kier molecular flexibility index (Phi) is 4.04. The molecule has 0 aromatic heterocycles. The Morgan fingerprint density at radius 2 is 2.07 bits per heavy atom. The van der Waals surface area contributed by atoms with Crippen molar-refractivity contribution in [1.82, 2.24) is 10.2 Å². The van der Waals surface area contributed by atoms with Gasteiger partial charge in [0.2, 0.25) is 0 Å². The van der Waals surface area contributed by atoms with Gasteiger partial charge in [0.25, 0.3) is 0 Å². The standard InChI is InChI=1S/C13H26N2/c1-3-12-6-5-9-15(12)13-8-7-11(13)10-14-4-2/h11-14H,3-10H2,1-2H3. The van der Waals surface area contributed by atoms with Gasteiger partial charge in [-0.1, -0.05) is 13.8 Å². The summed E-state index contributed by atoms with van der Waals surface area (Å²) in [4.78, 5) is 2.81. The number of likely N-dealkylation sites (tertiary alicyclic amines) is 1. The Morgan fingerprint density at radius 1 is 1.20 bits per heavy atom. The fraction of sp³-hybridized carbons (Fsp3) is 1.00. The molecule has 0 amide bonds. The second-order valence-electron chi connectivity index (χ2n) is 5.15. The van der Waals surface area contributed by atoms with Crippen LogP contribution in [0.5, 0.6) is 0 Å². The molecule has 15 heavy (non-hydrogen) atoms. The van der Waals surface area contributed by atoms with E-state index in [1.165, 1.54) is 45.2 Å². The van der Waals surface area contributed by atoms with Gasteiger partial charge in [0, 0.05) is 12.1 Å². The molecule has 2 rings (SSSR count). The summed E-state index contributed by atoms with van der Waals surface area (Å²) in [5, 5.41) is 3.51. The highest BCUT2D eigenvalue weighted by Gasteiger charge is 2.39. The minimum Gasteiger partial charge on any atom is -0.317 e. The first kappa shape index (κ1) is 11.4. The van der Waals surface area contributed by atoms with E-state index < -0.39 is 0 Å². The van der Waals surface area contributed by atoms with E-state index in [-0.39, 0.29) is 0 Å². The van der Waals surface area contributed by atoms with Crippen molar-refractivity contribution in [3.8, 4) is 0 Å². The van der Waals surface area contributed by atoms with Gasteiger partial charge >= 0.3 is 0 Å². The van der Waals surface area contributed by atoms with Crippen molar-refractivity contribution >= 4 is 0 Å². The van der Waals surface area contributed by atoms with Gasteiger partial charge in [-0.05, 0) is 57.7 Å². The van der Waals surface area contributed by atoms with Crippen LogP contribution in [0, 0.1) is 5.92 Å². The van der Waals surface area contributed by atoms with E-state index in [0.29, 0.717) is 0 Å². The Hall–Kier alpha value is -0.0800. The molecule has 2 nitrogen and oxygen atoms in total. The molecular formula is C13H26N2. The Morgan fingerprint density at radius 3 is 2.67 bits per heavy atom. The molecule has 2 fully saturated rings. The quantitative estimate of drug-likeness (QED) is 0.749. The van der Waals surface area contributed by atoms with E-state index in [1.807, 2.05) is 0 Å². The average Bonchev–Trinajstić information content (AvgIpc) is 2.65. The number of nitrogens with one attached hydrogen (secondary N) is 1. The Bertz CT molecular complexity index is 193. The van der Waals surface area contributed by atoms with Gasteiger partial charge in [0.15, 0.2) is 0 Å². The number of rotatable bonds is 5. The Balaban J connectivity index is 1.82. The number of hydrogen-bond donors (Lipinski definition) is 1. The van der Waals surface area contributed by atoms with E-state index in [0.717, 1.165) is 24.5 Å². The molecule has 1 heterocycles. The van der Waals surface area contributed by atoms with Crippen molar-refractivity contribution in [3.63, 3.8) is 0 Å². The highest BCUT2D eigenvalue weighted by molar-refractivity contribution is 4.94. The van der Waals surface area contributed by atoms with Gasteiger partial charge < -0.3 is 5.32 Å². The van der Waals surface area contributed by atoms with Crippen LogP contribution in [0.3, 0.4) is 0 Å². The van der Waals surface area contributed by atoms with E-state index in [9.17, 15) is 0 Å². The molecule has 0 aromatic carbocycles. The van der Waals surface area contributed by atoms with Crippen LogP contribution in [0.1, 0.15) is 46.0 Å². The lowest BCUT2D eigenvalue weighted by atomic mass is 9.78. The molecule has 2 heteroatoms. The van der Waals surface area contributed by atoms with Crippen LogP contribution >= 0.6 is 0 Å². The van der Waals surface area contributed by atoms with Crippen LogP contribution < -0.4 is 5.32 Å². The maximum atomic E-state index is 3.51. The zero-order valence-electron chi connectivity index (χ0n) is 10.3. The summed E-state index contributed by atoms with van der Waals surface area (Å²) in [6.07, 6.45) is 7.13. The van der Waals surface area contributed by atoms with Crippen LogP contribution in [0.2, 0.25) is 0 Å². The third-order valence-corrected chi connectivity index (χ3v) is 4.35. The van der Waals surface area contributed by atoms with E-state index in [2.05, 4.69) is 24.1 Å². The van der Waals surface area contributed by atoms with Crippen molar-refractivity contribution in [2.75, 3.05) is 19.6 Å². The van der Waals surface area contributed by atoms with Crippen molar-refractivity contribution in [1.29, 1.82) is 0 Å². The number of nitrogens with zero attached hydrogens (tertiary/aromatic N) is 1. The fourth-order valence-corrected chi connectivity index (χ4v) is 3.29. The van der Waals surface area contributed by atoms with Gasteiger partial charge in [-0.25, -0.2) is 0 Å². The lowest BCUT2D eigenvalue weighted by Gasteiger charge is -2.45. The van der Waals surface area contributed by atoms with Crippen LogP contribution in [0.4, 0.5) is 0 Å². The molecule has 3 unspecified atom stereocenters. The molecule has 2 aliphatic rings. The average molecular weight is 210 g/mol. The molecule has 3 atom stereocenters. The van der Waals surface area contributed by atoms with Gasteiger partial charge in [-0.3, -0.25) is 4.90 Å². The SMILES string of the molecule is CCNCC1CCC1N1CCCC1CC. The van der Waals surface area contributed by atoms with Crippen LogP contribution in [0.25, 0.3) is 0 Å². The normalized spacial score (nSPS) is 36.8. The highest BCUT2D eigenvalue weighted by Crippen LogP contribution is 2.36. The fourth-order valence-electron chi connectivity index (χ4n) is 3.29. The summed E-state index contributed by atoms with van der Waals surface area (Å²) in [5.74, 6) is 0.942. The molecule has 0 spiro atoms. The summed E-state index contributed by atoms with van der Waals surface area (Å²) < 4.78 is 0. The van der Waals surface area contributed by atoms with Crippen molar-refractivity contribution in [2.45, 2.75) is 58.0 Å². The third-order valence-electron chi connectivity index (χ3n) is 4.35. The molecule has 0 radical (unpaired) electrons. The molecule has 1 aliphatic heterocycles. The van der Waals surface area contributed by atoms with E-state index in [1.54, 1.807) is 0 Å². The maximum absolute atomic E-state index is 3.51. The molecular weight excluding hydrogens is 184 g/mol. The summed E-state index contributed by atoms with van der Waals surface area (Å²) in [5.41, 5.74) is 0. The van der Waals surface area contributed by atoms with E-state index in [4.69, 9.17) is 0 Å². The van der Waals surface area contributed by atoms with Crippen molar-refractivity contribution in [3.05, 3.63) is 0 Å². The summed E-state index contributed by atoms with van der Waals surface area (Å²) >= 11 is 0. The molecule has 1 N–H and O–H groups in total. The summed E-state index contributed by atoms with van der Waals surface area (Å²) in [6, 6.07) is 1.82. The largest absolute Gasteiger partial charge is 0.317 e. The maximum Gasteiger partial charge on any atom is 0.0139 e. The monoisotopic (exact) mass is 210 g/mol. The molecule has 1 saturated heterocycles. The first-order valence-corrected chi connectivity index (χ1v) is 6.83. The first-order chi connectivity index (χ1) is 7.36. The predicted molar refractivity (Wildman–Crippen MR) is 65.1 cm³/mol. The minimum absolute atomic E-state index is 0.902. The van der Waals surface area contributed by atoms with E-state index >= 15 is 0 Å². The van der Waals surface area contributed by atoms with Gasteiger partial charge in [0.05, 0.1) is 0 Å². The topological polar surface area (TPSA) is 15.3 Å². The third kappa shape index (κ3) is 2.36. The highest BCUT2D eigenvalue weighted by atomic mass is 15.2. The summed E-state index contributed by atoms with van der Waals surface area (Å²) in [7, 11) is 0. The molecule has 0 aromatic rings. The van der Waals surface area contributed by atoms with Crippen molar-refractivity contribution < 1.29 is 0 Å².